The number of methoxy groups -OCH3 is 3. The summed E-state index contributed by atoms with van der Waals surface area (Å²) in [4.78, 5) is 12.7. The summed E-state index contributed by atoms with van der Waals surface area (Å²) in [5.41, 5.74) is 1.32. The van der Waals surface area contributed by atoms with E-state index < -0.39 is 0 Å². The van der Waals surface area contributed by atoms with Gasteiger partial charge in [0.05, 0.1) is 31.7 Å². The molecule has 0 heterocycles. The summed E-state index contributed by atoms with van der Waals surface area (Å²) in [6.07, 6.45) is 0. The van der Waals surface area contributed by atoms with Crippen LogP contribution >= 0.6 is 20.2 Å². The van der Waals surface area contributed by atoms with E-state index in [4.69, 9.17) is 25.8 Å². The van der Waals surface area contributed by atoms with Crippen LogP contribution in [0.4, 0.5) is 0 Å². The third-order valence-corrected chi connectivity index (χ3v) is 4.94. The number of carbonyl (C=O) groups is 1. The van der Waals surface area contributed by atoms with Crippen molar-refractivity contribution >= 4 is 31.0 Å². The standard InChI is InChI=1S/C17H18ClO4P.Li.H/c1-10-6-5-7-12(18)15(10)17(19)23-16-13(21-3)8-11(20-2)9-14(16)22-4;;/h5-9,23H,1-4H3;;/q;+1;-1. The van der Waals surface area contributed by atoms with Crippen molar-refractivity contribution in [3.63, 3.8) is 0 Å². The van der Waals surface area contributed by atoms with Crippen LogP contribution in [-0.2, 0) is 0 Å². The predicted molar refractivity (Wildman–Crippen MR) is 95.7 cm³/mol. The first kappa shape index (κ1) is 20.9. The molecule has 4 nitrogen and oxygen atoms in total. The molecule has 0 radical (unpaired) electrons. The van der Waals surface area contributed by atoms with Gasteiger partial charge in [-0.2, -0.15) is 0 Å². The summed E-state index contributed by atoms with van der Waals surface area (Å²) >= 11 is 6.19. The van der Waals surface area contributed by atoms with Crippen molar-refractivity contribution in [1.29, 1.82) is 0 Å². The molecule has 124 valence electrons. The number of ether oxygens (including phenoxy) is 3. The van der Waals surface area contributed by atoms with Gasteiger partial charge in [-0.15, -0.1) is 0 Å². The Hall–Kier alpha value is -1.17. The first-order valence-corrected chi connectivity index (χ1v) is 8.26. The van der Waals surface area contributed by atoms with E-state index in [0.29, 0.717) is 33.1 Å². The Morgan fingerprint density at radius 1 is 1.08 bits per heavy atom. The molecule has 0 aliphatic carbocycles. The zero-order valence-electron chi connectivity index (χ0n) is 15.4. The molecule has 1 atom stereocenters. The predicted octanol–water partition coefficient (Wildman–Crippen LogP) is 0.935. The minimum atomic E-state index is -0.171. The second kappa shape index (κ2) is 9.35. The van der Waals surface area contributed by atoms with E-state index in [1.54, 1.807) is 39.5 Å². The van der Waals surface area contributed by atoms with E-state index in [1.165, 1.54) is 0 Å². The van der Waals surface area contributed by atoms with E-state index in [0.717, 1.165) is 5.56 Å². The minimum Gasteiger partial charge on any atom is -1.00 e. The Bertz CT molecular complexity index is 697. The number of benzene rings is 2. The van der Waals surface area contributed by atoms with Crippen LogP contribution < -0.4 is 38.4 Å². The van der Waals surface area contributed by atoms with Gasteiger partial charge in [0.2, 0.25) is 0 Å². The Kier molecular flexibility index (Phi) is 8.13. The molecule has 0 saturated heterocycles. The van der Waals surface area contributed by atoms with E-state index >= 15 is 0 Å². The van der Waals surface area contributed by atoms with Gasteiger partial charge in [0.25, 0.3) is 0 Å². The number of halogens is 1. The zero-order valence-corrected chi connectivity index (χ0v) is 16.2. The molecule has 0 aliphatic rings. The molecule has 7 heteroatoms. The van der Waals surface area contributed by atoms with Crippen LogP contribution in [0.1, 0.15) is 17.3 Å². The number of carbonyl (C=O) groups excluding carboxylic acids is 1. The van der Waals surface area contributed by atoms with Gasteiger partial charge in [-0.25, -0.2) is 0 Å². The molecule has 0 aliphatic heterocycles. The maximum Gasteiger partial charge on any atom is 1.00 e. The minimum absolute atomic E-state index is 0. The van der Waals surface area contributed by atoms with E-state index in [2.05, 4.69) is 0 Å². The van der Waals surface area contributed by atoms with E-state index in [-0.39, 0.29) is 34.4 Å². The molecule has 0 bridgehead atoms. The van der Waals surface area contributed by atoms with Crippen LogP contribution in [0.3, 0.4) is 0 Å². The number of rotatable bonds is 6. The average molecular weight is 361 g/mol. The quantitative estimate of drug-likeness (QED) is 0.568. The smallest absolute Gasteiger partial charge is 1.00 e. The maximum atomic E-state index is 12.7. The number of hydrogen-bond acceptors (Lipinski definition) is 4. The molecule has 1 unspecified atom stereocenters. The first-order valence-electron chi connectivity index (χ1n) is 6.88. The van der Waals surface area contributed by atoms with Crippen LogP contribution in [-0.4, -0.2) is 26.9 Å². The van der Waals surface area contributed by atoms with E-state index in [9.17, 15) is 4.79 Å². The van der Waals surface area contributed by atoms with Crippen molar-refractivity contribution in [3.8, 4) is 17.2 Å². The van der Waals surface area contributed by atoms with Gasteiger partial charge in [-0.05, 0) is 27.1 Å². The SMILES string of the molecule is COc1cc(OC)c(PC(=O)c2c(C)cccc2Cl)c(OC)c1.[H-].[Li+]. The Labute approximate surface area is 162 Å². The van der Waals surface area contributed by atoms with Gasteiger partial charge in [-0.3, -0.25) is 4.79 Å². The molecule has 2 aromatic rings. The molecule has 2 rings (SSSR count). The van der Waals surface area contributed by atoms with Crippen molar-refractivity contribution in [2.45, 2.75) is 6.92 Å². The molecule has 0 amide bonds. The zero-order chi connectivity index (χ0) is 17.0. The molecule has 2 aromatic carbocycles. The number of hydrogen-bond donors (Lipinski definition) is 0. The molecule has 0 spiro atoms. The average Bonchev–Trinajstić information content (AvgIpc) is 2.54. The fourth-order valence-electron chi connectivity index (χ4n) is 2.22. The maximum absolute atomic E-state index is 12.7. The Morgan fingerprint density at radius 2 is 1.67 bits per heavy atom. The normalized spacial score (nSPS) is 10.4. The summed E-state index contributed by atoms with van der Waals surface area (Å²) in [5.74, 6) is 1.71. The van der Waals surface area contributed by atoms with Gasteiger partial charge in [-0.1, -0.05) is 23.7 Å². The third kappa shape index (κ3) is 4.46. The van der Waals surface area contributed by atoms with Gasteiger partial charge in [0.15, 0.2) is 5.52 Å². The Morgan fingerprint density at radius 3 is 2.12 bits per heavy atom. The van der Waals surface area contributed by atoms with Gasteiger partial charge in [0, 0.05) is 17.7 Å². The van der Waals surface area contributed by atoms with Crippen molar-refractivity contribution in [1.82, 2.24) is 0 Å². The largest absolute Gasteiger partial charge is 1.00 e. The number of aryl methyl sites for hydroxylation is 1. The second-order valence-electron chi connectivity index (χ2n) is 4.79. The van der Waals surface area contributed by atoms with Gasteiger partial charge in [0.1, 0.15) is 17.2 Å². The third-order valence-electron chi connectivity index (χ3n) is 3.40. The monoisotopic (exact) mass is 360 g/mol. The van der Waals surface area contributed by atoms with Crippen molar-refractivity contribution in [2.24, 2.45) is 0 Å². The fourth-order valence-corrected chi connectivity index (χ4v) is 3.89. The summed E-state index contributed by atoms with van der Waals surface area (Å²) in [7, 11) is 4.49. The van der Waals surface area contributed by atoms with Crippen LogP contribution in [0.25, 0.3) is 0 Å². The van der Waals surface area contributed by atoms with Crippen molar-refractivity contribution < 1.29 is 39.3 Å². The summed E-state index contributed by atoms with van der Waals surface area (Å²) in [6, 6.07) is 8.88. The summed E-state index contributed by atoms with van der Waals surface area (Å²) in [6.45, 7) is 1.87. The molecule has 24 heavy (non-hydrogen) atoms. The van der Waals surface area contributed by atoms with Gasteiger partial charge < -0.3 is 15.6 Å². The van der Waals surface area contributed by atoms with Crippen LogP contribution in [0, 0.1) is 6.92 Å². The van der Waals surface area contributed by atoms with Crippen LogP contribution in [0.15, 0.2) is 30.3 Å². The topological polar surface area (TPSA) is 44.8 Å². The molecule has 0 aromatic heterocycles. The Balaban J connectivity index is 0.00000288. The van der Waals surface area contributed by atoms with Crippen molar-refractivity contribution in [2.75, 3.05) is 21.3 Å². The fraction of sp³-hybridized carbons (Fsp3) is 0.235. The molecular formula is C17H19ClLiO4P. The summed E-state index contributed by atoms with van der Waals surface area (Å²) in [5, 5.41) is 1.15. The molecule has 0 saturated carbocycles. The molecular weight excluding hydrogens is 342 g/mol. The summed E-state index contributed by atoms with van der Waals surface area (Å²) < 4.78 is 16.0. The first-order chi connectivity index (χ1) is 11.0. The molecule has 0 N–H and O–H groups in total. The van der Waals surface area contributed by atoms with Crippen molar-refractivity contribution in [3.05, 3.63) is 46.5 Å². The van der Waals surface area contributed by atoms with Crippen LogP contribution in [0.2, 0.25) is 5.02 Å². The van der Waals surface area contributed by atoms with Crippen LogP contribution in [0.5, 0.6) is 17.2 Å². The molecule has 0 fully saturated rings. The van der Waals surface area contributed by atoms with Gasteiger partial charge >= 0.3 is 18.9 Å². The van der Waals surface area contributed by atoms with E-state index in [1.807, 2.05) is 19.1 Å². The second-order valence-corrected chi connectivity index (χ2v) is 6.40.